The molecule has 2 fully saturated rings. The van der Waals surface area contributed by atoms with Crippen LogP contribution in [0.25, 0.3) is 10.8 Å². The van der Waals surface area contributed by atoms with Crippen molar-refractivity contribution in [1.82, 2.24) is 0 Å². The Morgan fingerprint density at radius 3 is 2.80 bits per heavy atom. The van der Waals surface area contributed by atoms with Crippen LogP contribution in [0.1, 0.15) is 5.56 Å². The summed E-state index contributed by atoms with van der Waals surface area (Å²) in [6, 6.07) is 12.3. The third-order valence-corrected chi connectivity index (χ3v) is 4.67. The molecule has 0 aliphatic carbocycles. The van der Waals surface area contributed by atoms with Crippen molar-refractivity contribution < 1.29 is 23.7 Å². The molecule has 2 aliphatic heterocycles. The maximum absolute atomic E-state index is 6.13. The Kier molecular flexibility index (Phi) is 4.72. The molecule has 0 radical (unpaired) electrons. The lowest BCUT2D eigenvalue weighted by molar-refractivity contribution is -0.220. The molecule has 0 amide bonds. The quantitative estimate of drug-likeness (QED) is 0.782. The van der Waals surface area contributed by atoms with Crippen LogP contribution in [0.5, 0.6) is 5.75 Å². The zero-order chi connectivity index (χ0) is 17.2. The third kappa shape index (κ3) is 3.28. The minimum Gasteiger partial charge on any atom is -0.497 e. The Labute approximate surface area is 147 Å². The van der Waals surface area contributed by atoms with Gasteiger partial charge in [-0.1, -0.05) is 24.3 Å². The van der Waals surface area contributed by atoms with E-state index in [1.165, 1.54) is 5.39 Å². The van der Waals surface area contributed by atoms with E-state index in [2.05, 4.69) is 30.8 Å². The van der Waals surface area contributed by atoms with E-state index in [1.807, 2.05) is 12.1 Å². The fourth-order valence-corrected chi connectivity index (χ4v) is 3.37. The molecular weight excluding hydrogens is 320 g/mol. The minimum atomic E-state index is -0.373. The molecule has 132 valence electrons. The smallest absolute Gasteiger partial charge is 0.187 e. The summed E-state index contributed by atoms with van der Waals surface area (Å²) in [7, 11) is 1.67. The van der Waals surface area contributed by atoms with Gasteiger partial charge in [-0.05, 0) is 34.5 Å². The Balaban J connectivity index is 1.49. The van der Waals surface area contributed by atoms with Crippen molar-refractivity contribution >= 4 is 10.8 Å². The first kappa shape index (κ1) is 16.5. The van der Waals surface area contributed by atoms with E-state index in [-0.39, 0.29) is 24.6 Å². The van der Waals surface area contributed by atoms with Gasteiger partial charge >= 0.3 is 0 Å². The molecule has 2 aliphatic rings. The Hall–Kier alpha value is -1.92. The highest BCUT2D eigenvalue weighted by Gasteiger charge is 2.47. The molecule has 2 aromatic carbocycles. The van der Waals surface area contributed by atoms with E-state index in [1.54, 1.807) is 13.2 Å². The SMILES string of the molecule is C=C[C@H]1O[C@@H]2OCCO[C@@H]2[C@H]1OCc1ccc2ccc(OC)cc2c1. The topological polar surface area (TPSA) is 46.2 Å². The number of hydrogen-bond acceptors (Lipinski definition) is 5. The molecule has 0 bridgehead atoms. The summed E-state index contributed by atoms with van der Waals surface area (Å²) < 4.78 is 28.7. The molecule has 5 heteroatoms. The van der Waals surface area contributed by atoms with Gasteiger partial charge in [0.05, 0.1) is 26.9 Å². The van der Waals surface area contributed by atoms with Crippen LogP contribution in [0.2, 0.25) is 0 Å². The number of rotatable bonds is 5. The summed E-state index contributed by atoms with van der Waals surface area (Å²) in [5, 5.41) is 2.29. The lowest BCUT2D eigenvalue weighted by Crippen LogP contribution is -2.42. The minimum absolute atomic E-state index is 0.211. The van der Waals surface area contributed by atoms with Gasteiger partial charge in [-0.15, -0.1) is 6.58 Å². The molecular formula is C20H22O5. The van der Waals surface area contributed by atoms with Gasteiger partial charge in [-0.25, -0.2) is 0 Å². The lowest BCUT2D eigenvalue weighted by atomic mass is 10.1. The van der Waals surface area contributed by atoms with E-state index in [4.69, 9.17) is 23.7 Å². The molecule has 2 saturated heterocycles. The highest BCUT2D eigenvalue weighted by atomic mass is 16.7. The summed E-state index contributed by atoms with van der Waals surface area (Å²) in [5.41, 5.74) is 1.09. The van der Waals surface area contributed by atoms with Gasteiger partial charge < -0.3 is 23.7 Å². The van der Waals surface area contributed by atoms with Crippen molar-refractivity contribution in [2.75, 3.05) is 20.3 Å². The maximum atomic E-state index is 6.13. The van der Waals surface area contributed by atoms with Crippen molar-refractivity contribution in [2.45, 2.75) is 31.2 Å². The van der Waals surface area contributed by atoms with E-state index in [0.717, 1.165) is 16.7 Å². The van der Waals surface area contributed by atoms with Crippen molar-refractivity contribution in [2.24, 2.45) is 0 Å². The molecule has 0 aromatic heterocycles. The molecule has 2 heterocycles. The molecule has 2 aromatic rings. The summed E-state index contributed by atoms with van der Waals surface area (Å²) >= 11 is 0. The second kappa shape index (κ2) is 7.14. The lowest BCUT2D eigenvalue weighted by Gasteiger charge is -2.27. The van der Waals surface area contributed by atoms with Crippen LogP contribution >= 0.6 is 0 Å². The number of methoxy groups -OCH3 is 1. The van der Waals surface area contributed by atoms with Crippen LogP contribution in [0.4, 0.5) is 0 Å². The first-order valence-electron chi connectivity index (χ1n) is 8.48. The first-order valence-corrected chi connectivity index (χ1v) is 8.48. The number of fused-ring (bicyclic) bond motifs is 2. The average Bonchev–Trinajstić information content (AvgIpc) is 3.03. The zero-order valence-electron chi connectivity index (χ0n) is 14.2. The standard InChI is InChI=1S/C20H22O5/c1-3-17-18(19-20(25-17)23-9-8-22-19)24-12-13-4-5-14-6-7-16(21-2)11-15(14)10-13/h3-7,10-11,17-20H,1,8-9,12H2,2H3/t17-,18+,19-,20+/m1/s1. The molecule has 0 N–H and O–H groups in total. The van der Waals surface area contributed by atoms with Crippen LogP contribution in [-0.2, 0) is 25.6 Å². The monoisotopic (exact) mass is 342 g/mol. The van der Waals surface area contributed by atoms with E-state index in [0.29, 0.717) is 19.8 Å². The van der Waals surface area contributed by atoms with Crippen LogP contribution < -0.4 is 4.74 Å². The number of ether oxygens (including phenoxy) is 5. The molecule has 5 nitrogen and oxygen atoms in total. The largest absolute Gasteiger partial charge is 0.497 e. The fourth-order valence-electron chi connectivity index (χ4n) is 3.37. The van der Waals surface area contributed by atoms with Crippen LogP contribution in [0.3, 0.4) is 0 Å². The summed E-state index contributed by atoms with van der Waals surface area (Å²) in [5.74, 6) is 0.845. The van der Waals surface area contributed by atoms with E-state index in [9.17, 15) is 0 Å². The maximum Gasteiger partial charge on any atom is 0.187 e. The summed E-state index contributed by atoms with van der Waals surface area (Å²) in [4.78, 5) is 0. The molecule has 0 saturated carbocycles. The normalized spacial score (nSPS) is 28.7. The number of benzene rings is 2. The van der Waals surface area contributed by atoms with E-state index < -0.39 is 0 Å². The van der Waals surface area contributed by atoms with Gasteiger partial charge in [-0.2, -0.15) is 0 Å². The third-order valence-electron chi connectivity index (χ3n) is 4.67. The van der Waals surface area contributed by atoms with Gasteiger partial charge in [0.1, 0.15) is 24.1 Å². The van der Waals surface area contributed by atoms with Crippen LogP contribution in [-0.4, -0.2) is 44.9 Å². The van der Waals surface area contributed by atoms with Crippen LogP contribution in [0, 0.1) is 0 Å². The van der Waals surface area contributed by atoms with Gasteiger partial charge in [-0.3, -0.25) is 0 Å². The summed E-state index contributed by atoms with van der Waals surface area (Å²) in [6.45, 7) is 5.41. The molecule has 25 heavy (non-hydrogen) atoms. The average molecular weight is 342 g/mol. The zero-order valence-corrected chi connectivity index (χ0v) is 14.2. The van der Waals surface area contributed by atoms with Gasteiger partial charge in [0.15, 0.2) is 6.29 Å². The van der Waals surface area contributed by atoms with Crippen molar-refractivity contribution in [3.63, 3.8) is 0 Å². The van der Waals surface area contributed by atoms with Gasteiger partial charge in [0.25, 0.3) is 0 Å². The predicted octanol–water partition coefficient (Wildman–Crippen LogP) is 3.06. The Morgan fingerprint density at radius 1 is 1.12 bits per heavy atom. The first-order chi connectivity index (χ1) is 12.3. The Bertz CT molecular complexity index is 759. The molecule has 0 unspecified atom stereocenters. The predicted molar refractivity (Wildman–Crippen MR) is 93.6 cm³/mol. The second-order valence-corrected chi connectivity index (χ2v) is 6.23. The van der Waals surface area contributed by atoms with E-state index >= 15 is 0 Å². The Morgan fingerprint density at radius 2 is 1.96 bits per heavy atom. The molecule has 4 atom stereocenters. The number of hydrogen-bond donors (Lipinski definition) is 0. The molecule has 0 spiro atoms. The van der Waals surface area contributed by atoms with Crippen molar-refractivity contribution in [1.29, 1.82) is 0 Å². The van der Waals surface area contributed by atoms with Crippen molar-refractivity contribution in [3.8, 4) is 5.75 Å². The highest BCUT2D eigenvalue weighted by Crippen LogP contribution is 2.31. The van der Waals surface area contributed by atoms with Gasteiger partial charge in [0, 0.05) is 0 Å². The second-order valence-electron chi connectivity index (χ2n) is 6.23. The van der Waals surface area contributed by atoms with Crippen LogP contribution in [0.15, 0.2) is 49.1 Å². The highest BCUT2D eigenvalue weighted by molar-refractivity contribution is 5.84. The fraction of sp³-hybridized carbons (Fsp3) is 0.400. The molecule has 4 rings (SSSR count). The summed E-state index contributed by atoms with van der Waals surface area (Å²) in [6.07, 6.45) is 0.721. The van der Waals surface area contributed by atoms with Gasteiger partial charge in [0.2, 0.25) is 0 Å². The van der Waals surface area contributed by atoms with Crippen molar-refractivity contribution in [3.05, 3.63) is 54.6 Å².